The maximum absolute atomic E-state index is 12.7. The molecule has 10 heteroatoms. The van der Waals surface area contributed by atoms with Crippen LogP contribution in [0.25, 0.3) is 0 Å². The number of aliphatic hydroxyl groups excluding tert-OH is 5. The Hall–Kier alpha value is -1.14. The highest BCUT2D eigenvalue weighted by Gasteiger charge is 2.64. The third-order valence-corrected chi connectivity index (χ3v) is 8.05. The van der Waals surface area contributed by atoms with Gasteiger partial charge in [-0.1, -0.05) is 6.92 Å². The van der Waals surface area contributed by atoms with Gasteiger partial charge in [-0.15, -0.1) is 0 Å². The summed E-state index contributed by atoms with van der Waals surface area (Å²) in [7, 11) is 0. The molecule has 0 bridgehead atoms. The minimum atomic E-state index is -1.56. The SMILES string of the molecule is CC(=O)[C@@H]1C[C@H](C(C)(C)O[C@H]2O[C@@H](CO)[C@H](O)[C@@H](O)[C@@H]2O)CC[C@@]2(CO)OC(=O)C[C@@]12C. The average Bonchev–Trinajstić information content (AvgIpc) is 2.90. The van der Waals surface area contributed by atoms with Gasteiger partial charge in [0.15, 0.2) is 6.29 Å². The van der Waals surface area contributed by atoms with E-state index >= 15 is 0 Å². The zero-order chi connectivity index (χ0) is 24.1. The van der Waals surface area contributed by atoms with E-state index in [1.807, 2.05) is 6.92 Å². The Balaban J connectivity index is 1.86. The van der Waals surface area contributed by atoms with Crippen molar-refractivity contribution in [2.75, 3.05) is 13.2 Å². The lowest BCUT2D eigenvalue weighted by Crippen LogP contribution is -2.60. The van der Waals surface area contributed by atoms with Gasteiger partial charge in [-0.05, 0) is 46.0 Å². The molecular formula is C22H36O10. The lowest BCUT2D eigenvalue weighted by molar-refractivity contribution is -0.329. The second-order valence-electron chi connectivity index (χ2n) is 10.3. The molecule has 184 valence electrons. The molecule has 2 heterocycles. The van der Waals surface area contributed by atoms with Gasteiger partial charge in [-0.2, -0.15) is 0 Å². The summed E-state index contributed by atoms with van der Waals surface area (Å²) in [5.41, 5.74) is -2.98. The normalized spacial score (nSPS) is 45.2. The predicted molar refractivity (Wildman–Crippen MR) is 109 cm³/mol. The van der Waals surface area contributed by atoms with E-state index in [1.165, 1.54) is 6.92 Å². The zero-order valence-corrected chi connectivity index (χ0v) is 19.1. The van der Waals surface area contributed by atoms with Crippen molar-refractivity contribution in [2.24, 2.45) is 17.3 Å². The number of rotatable bonds is 6. The van der Waals surface area contributed by atoms with Crippen LogP contribution in [-0.2, 0) is 23.8 Å². The molecule has 0 aromatic carbocycles. The van der Waals surface area contributed by atoms with E-state index in [-0.39, 0.29) is 24.7 Å². The van der Waals surface area contributed by atoms with Crippen LogP contribution < -0.4 is 0 Å². The number of esters is 1. The second-order valence-corrected chi connectivity index (χ2v) is 10.3. The first-order chi connectivity index (χ1) is 14.8. The van der Waals surface area contributed by atoms with Crippen molar-refractivity contribution in [3.63, 3.8) is 0 Å². The number of carbonyl (C=O) groups excluding carboxylic acids is 2. The number of ketones is 1. The quantitative estimate of drug-likeness (QED) is 0.319. The number of aliphatic hydroxyl groups is 5. The first-order valence-electron chi connectivity index (χ1n) is 11.1. The molecule has 2 saturated heterocycles. The van der Waals surface area contributed by atoms with E-state index in [4.69, 9.17) is 14.2 Å². The van der Waals surface area contributed by atoms with Crippen LogP contribution in [0.2, 0.25) is 0 Å². The average molecular weight is 461 g/mol. The Morgan fingerprint density at radius 1 is 1.19 bits per heavy atom. The van der Waals surface area contributed by atoms with Gasteiger partial charge >= 0.3 is 5.97 Å². The van der Waals surface area contributed by atoms with E-state index in [1.54, 1.807) is 13.8 Å². The first-order valence-corrected chi connectivity index (χ1v) is 11.1. The minimum Gasteiger partial charge on any atom is -0.456 e. The van der Waals surface area contributed by atoms with Gasteiger partial charge in [-0.25, -0.2) is 0 Å². The molecule has 32 heavy (non-hydrogen) atoms. The lowest BCUT2D eigenvalue weighted by Gasteiger charge is -2.45. The Bertz CT molecular complexity index is 724. The molecule has 5 N–H and O–H groups in total. The molecule has 0 aromatic heterocycles. The molecule has 2 aliphatic heterocycles. The first kappa shape index (κ1) is 25.5. The molecule has 3 rings (SSSR count). The molecule has 0 radical (unpaired) electrons. The van der Waals surface area contributed by atoms with E-state index in [2.05, 4.69) is 0 Å². The maximum Gasteiger partial charge on any atom is 0.307 e. The molecule has 1 aliphatic carbocycles. The van der Waals surface area contributed by atoms with Gasteiger partial charge < -0.3 is 39.7 Å². The number of carbonyl (C=O) groups is 2. The van der Waals surface area contributed by atoms with E-state index < -0.39 is 65.8 Å². The summed E-state index contributed by atoms with van der Waals surface area (Å²) in [5, 5.41) is 50.1. The maximum atomic E-state index is 12.7. The summed E-state index contributed by atoms with van der Waals surface area (Å²) < 4.78 is 17.2. The monoisotopic (exact) mass is 460 g/mol. The standard InChI is InChI=1S/C22H36O10/c1-11(25)13-7-12(5-6-22(10-24)21(13,4)8-15(26)31-22)20(2,3)32-19-18(29)17(28)16(27)14(9-23)30-19/h12-14,16-19,23-24,27-29H,5-10H2,1-4H3/t12-,13+,14+,16+,17-,18+,19-,21+,22+/m1/s1. The van der Waals surface area contributed by atoms with Crippen LogP contribution in [0.15, 0.2) is 0 Å². The highest BCUT2D eigenvalue weighted by molar-refractivity contribution is 5.82. The van der Waals surface area contributed by atoms with Crippen molar-refractivity contribution in [3.05, 3.63) is 0 Å². The lowest BCUT2D eigenvalue weighted by atomic mass is 9.62. The molecule has 1 saturated carbocycles. The Kier molecular flexibility index (Phi) is 7.09. The number of hydrogen-bond donors (Lipinski definition) is 5. The number of Topliss-reactive ketones (excluding diaryl/α,β-unsaturated/α-hetero) is 1. The number of hydrogen-bond acceptors (Lipinski definition) is 10. The zero-order valence-electron chi connectivity index (χ0n) is 19.1. The number of fused-ring (bicyclic) bond motifs is 1. The van der Waals surface area contributed by atoms with Crippen molar-refractivity contribution in [2.45, 2.75) is 95.3 Å². The van der Waals surface area contributed by atoms with Crippen molar-refractivity contribution < 1.29 is 49.3 Å². The predicted octanol–water partition coefficient (Wildman–Crippen LogP) is -0.729. The molecule has 9 atom stereocenters. The largest absolute Gasteiger partial charge is 0.456 e. The number of ether oxygens (including phenoxy) is 3. The summed E-state index contributed by atoms with van der Waals surface area (Å²) >= 11 is 0. The highest BCUT2D eigenvalue weighted by Crippen LogP contribution is 2.57. The van der Waals surface area contributed by atoms with Crippen LogP contribution in [0, 0.1) is 17.3 Å². The Morgan fingerprint density at radius 2 is 1.84 bits per heavy atom. The summed E-state index contributed by atoms with van der Waals surface area (Å²) in [6.45, 7) is 5.88. The smallest absolute Gasteiger partial charge is 0.307 e. The van der Waals surface area contributed by atoms with Crippen molar-refractivity contribution >= 4 is 11.8 Å². The van der Waals surface area contributed by atoms with Gasteiger partial charge in [0.05, 0.1) is 25.2 Å². The molecule has 3 fully saturated rings. The Morgan fingerprint density at radius 3 is 2.41 bits per heavy atom. The van der Waals surface area contributed by atoms with Crippen LogP contribution in [-0.4, -0.2) is 92.4 Å². The molecule has 10 nitrogen and oxygen atoms in total. The molecule has 0 spiro atoms. The molecular weight excluding hydrogens is 424 g/mol. The second kappa shape index (κ2) is 8.90. The fourth-order valence-electron chi connectivity index (χ4n) is 5.78. The molecule has 0 unspecified atom stereocenters. The fraction of sp³-hybridized carbons (Fsp3) is 0.909. The van der Waals surface area contributed by atoms with Crippen LogP contribution in [0.4, 0.5) is 0 Å². The van der Waals surface area contributed by atoms with E-state index in [0.29, 0.717) is 19.3 Å². The molecule has 0 amide bonds. The fourth-order valence-corrected chi connectivity index (χ4v) is 5.78. The van der Waals surface area contributed by atoms with E-state index in [0.717, 1.165) is 0 Å². The van der Waals surface area contributed by atoms with Crippen molar-refractivity contribution in [3.8, 4) is 0 Å². The van der Waals surface area contributed by atoms with Gasteiger partial charge in [0.1, 0.15) is 35.8 Å². The molecule has 0 aromatic rings. The van der Waals surface area contributed by atoms with Gasteiger partial charge in [-0.3, -0.25) is 9.59 Å². The summed E-state index contributed by atoms with van der Waals surface area (Å²) in [6, 6.07) is 0. The van der Waals surface area contributed by atoms with Crippen LogP contribution in [0.3, 0.4) is 0 Å². The van der Waals surface area contributed by atoms with E-state index in [9.17, 15) is 35.1 Å². The van der Waals surface area contributed by atoms with Gasteiger partial charge in [0, 0.05) is 11.3 Å². The third-order valence-electron chi connectivity index (χ3n) is 8.05. The van der Waals surface area contributed by atoms with Crippen LogP contribution in [0.5, 0.6) is 0 Å². The third kappa shape index (κ3) is 4.11. The summed E-state index contributed by atoms with van der Waals surface area (Å²) in [4.78, 5) is 24.9. The van der Waals surface area contributed by atoms with Crippen molar-refractivity contribution in [1.29, 1.82) is 0 Å². The Labute approximate surface area is 187 Å². The summed E-state index contributed by atoms with van der Waals surface area (Å²) in [5.74, 6) is -1.35. The van der Waals surface area contributed by atoms with Gasteiger partial charge in [0.2, 0.25) is 0 Å². The van der Waals surface area contributed by atoms with Crippen molar-refractivity contribution in [1.82, 2.24) is 0 Å². The van der Waals surface area contributed by atoms with Crippen LogP contribution >= 0.6 is 0 Å². The summed E-state index contributed by atoms with van der Waals surface area (Å²) in [6.07, 6.45) is -5.77. The minimum absolute atomic E-state index is 0.0402. The van der Waals surface area contributed by atoms with Crippen LogP contribution in [0.1, 0.15) is 53.4 Å². The highest BCUT2D eigenvalue weighted by atomic mass is 16.7. The topological polar surface area (TPSA) is 163 Å². The van der Waals surface area contributed by atoms with Gasteiger partial charge in [0.25, 0.3) is 0 Å². The molecule has 3 aliphatic rings.